The zero-order valence-corrected chi connectivity index (χ0v) is 20.7. The van der Waals surface area contributed by atoms with Gasteiger partial charge in [0.2, 0.25) is 5.91 Å². The normalized spacial score (nSPS) is 28.8. The molecule has 2 spiro atoms. The summed E-state index contributed by atoms with van der Waals surface area (Å²) >= 11 is 6.46. The molecule has 0 unspecified atom stereocenters. The fourth-order valence-corrected chi connectivity index (χ4v) is 7.68. The Bertz CT molecular complexity index is 1610. The minimum atomic E-state index is -1.63. The van der Waals surface area contributed by atoms with E-state index in [1.807, 2.05) is 4.90 Å². The third-order valence-corrected chi connectivity index (χ3v) is 8.92. The number of nitrogens with one attached hydrogen (secondary N) is 2. The van der Waals surface area contributed by atoms with E-state index >= 15 is 0 Å². The van der Waals surface area contributed by atoms with E-state index in [9.17, 15) is 24.5 Å². The van der Waals surface area contributed by atoms with Crippen molar-refractivity contribution in [1.29, 1.82) is 0 Å². The second kappa shape index (κ2) is 7.72. The first-order valence-corrected chi connectivity index (χ1v) is 12.8. The number of nitrogens with zero attached hydrogens (tertiary/aromatic N) is 2. The van der Waals surface area contributed by atoms with Gasteiger partial charge in [0.1, 0.15) is 11.0 Å². The molecule has 4 aliphatic rings. The second-order valence-corrected chi connectivity index (χ2v) is 10.7. The lowest BCUT2D eigenvalue weighted by Crippen LogP contribution is -2.62. The molecular formula is C28H21ClN4O5. The summed E-state index contributed by atoms with van der Waals surface area (Å²) in [4.78, 5) is 56.2. The van der Waals surface area contributed by atoms with E-state index in [-0.39, 0.29) is 17.2 Å². The molecule has 0 saturated carbocycles. The summed E-state index contributed by atoms with van der Waals surface area (Å²) in [7, 11) is 0. The molecule has 0 radical (unpaired) electrons. The largest absolute Gasteiger partial charge is 0.325 e. The van der Waals surface area contributed by atoms with Crippen LogP contribution in [0.5, 0.6) is 0 Å². The molecule has 2 saturated heterocycles. The first kappa shape index (κ1) is 23.1. The van der Waals surface area contributed by atoms with Gasteiger partial charge >= 0.3 is 0 Å². The number of non-ortho nitro benzene ring substituents is 1. The Kier molecular flexibility index (Phi) is 4.69. The molecule has 0 aromatic heterocycles. The van der Waals surface area contributed by atoms with Gasteiger partial charge in [-0.25, -0.2) is 0 Å². The highest BCUT2D eigenvalue weighted by Gasteiger charge is 2.81. The standard InChI is InChI=1S/C28H21ClN4O5/c29-16-10-11-21-19(14-16)28(26(36)31-21)27(18-7-1-2-8-20(18)30-25(27)35)23(22-9-4-12-32(22)28)24(34)15-5-3-6-17(13-15)33(37)38/h1-3,5-8,10-11,13-14,22-23H,4,9,12H2,(H,30,35)(H,31,36)/t22-,23-,27-,28-/m0/s1. The van der Waals surface area contributed by atoms with Gasteiger partial charge in [-0.15, -0.1) is 0 Å². The minimum absolute atomic E-state index is 0.134. The van der Waals surface area contributed by atoms with E-state index in [0.29, 0.717) is 40.5 Å². The lowest BCUT2D eigenvalue weighted by molar-refractivity contribution is -0.384. The van der Waals surface area contributed by atoms with E-state index in [4.69, 9.17) is 11.6 Å². The van der Waals surface area contributed by atoms with E-state index in [2.05, 4.69) is 10.6 Å². The number of nitro benzene ring substituents is 1. The van der Waals surface area contributed by atoms with Crippen LogP contribution in [-0.2, 0) is 20.5 Å². The fraction of sp³-hybridized carbons (Fsp3) is 0.250. The molecule has 2 fully saturated rings. The molecule has 10 heteroatoms. The fourth-order valence-electron chi connectivity index (χ4n) is 7.50. The number of amides is 2. The molecule has 2 amide bonds. The molecule has 4 atom stereocenters. The first-order chi connectivity index (χ1) is 18.3. The average molecular weight is 529 g/mol. The maximum absolute atomic E-state index is 14.5. The maximum atomic E-state index is 14.5. The number of rotatable bonds is 3. The predicted molar refractivity (Wildman–Crippen MR) is 139 cm³/mol. The lowest BCUT2D eigenvalue weighted by Gasteiger charge is -2.43. The van der Waals surface area contributed by atoms with E-state index in [0.717, 1.165) is 6.42 Å². The SMILES string of the molecule is O=C(c1cccc([N+](=O)[O-])c1)[C@@H]1[C@@H]2CCCN2[C@@]2(C(=O)Nc3ccc(Cl)cc32)[C@]12C(=O)Nc1ccccc12. The molecule has 3 aromatic carbocycles. The Hall–Kier alpha value is -4.08. The predicted octanol–water partition coefficient (Wildman–Crippen LogP) is 4.26. The van der Waals surface area contributed by atoms with Crippen molar-refractivity contribution in [1.82, 2.24) is 4.90 Å². The van der Waals surface area contributed by atoms with Crippen LogP contribution in [-0.4, -0.2) is 40.0 Å². The molecule has 190 valence electrons. The molecule has 38 heavy (non-hydrogen) atoms. The summed E-state index contributed by atoms with van der Waals surface area (Å²) < 4.78 is 0. The number of halogens is 1. The molecule has 4 heterocycles. The van der Waals surface area contributed by atoms with Gasteiger partial charge in [0, 0.05) is 45.7 Å². The summed E-state index contributed by atoms with van der Waals surface area (Å²) in [5.41, 5.74) is -1.04. The van der Waals surface area contributed by atoms with Crippen LogP contribution in [0.4, 0.5) is 17.1 Å². The number of Topliss-reactive ketones (excluding diaryl/α,β-unsaturated/α-hetero) is 1. The van der Waals surface area contributed by atoms with Crippen molar-refractivity contribution < 1.29 is 19.3 Å². The maximum Gasteiger partial charge on any atom is 0.270 e. The minimum Gasteiger partial charge on any atom is -0.325 e. The van der Waals surface area contributed by atoms with Crippen molar-refractivity contribution in [2.75, 3.05) is 17.2 Å². The number of hydrogen-bond donors (Lipinski definition) is 2. The summed E-state index contributed by atoms with van der Waals surface area (Å²) in [5, 5.41) is 17.9. The number of fused-ring (bicyclic) bond motifs is 7. The monoisotopic (exact) mass is 528 g/mol. The van der Waals surface area contributed by atoms with Gasteiger partial charge in [-0.1, -0.05) is 41.9 Å². The van der Waals surface area contributed by atoms with Crippen molar-refractivity contribution in [2.24, 2.45) is 5.92 Å². The highest BCUT2D eigenvalue weighted by Crippen LogP contribution is 2.68. The Morgan fingerprint density at radius 1 is 0.974 bits per heavy atom. The molecule has 9 nitrogen and oxygen atoms in total. The van der Waals surface area contributed by atoms with Gasteiger partial charge in [-0.2, -0.15) is 0 Å². The van der Waals surface area contributed by atoms with Crippen molar-refractivity contribution in [2.45, 2.75) is 29.8 Å². The van der Waals surface area contributed by atoms with Crippen LogP contribution in [0.15, 0.2) is 66.7 Å². The zero-order chi connectivity index (χ0) is 26.4. The highest BCUT2D eigenvalue weighted by molar-refractivity contribution is 6.31. The summed E-state index contributed by atoms with van der Waals surface area (Å²) in [6.45, 7) is 0.500. The van der Waals surface area contributed by atoms with Crippen LogP contribution in [0.1, 0.15) is 34.3 Å². The topological polar surface area (TPSA) is 122 Å². The van der Waals surface area contributed by atoms with Crippen molar-refractivity contribution in [3.8, 4) is 0 Å². The van der Waals surface area contributed by atoms with Crippen LogP contribution in [0.25, 0.3) is 0 Å². The van der Waals surface area contributed by atoms with Crippen LogP contribution in [0.2, 0.25) is 5.02 Å². The van der Waals surface area contributed by atoms with Crippen molar-refractivity contribution >= 4 is 46.3 Å². The third kappa shape index (κ3) is 2.57. The quantitative estimate of drug-likeness (QED) is 0.297. The molecular weight excluding hydrogens is 508 g/mol. The smallest absolute Gasteiger partial charge is 0.270 e. The first-order valence-electron chi connectivity index (χ1n) is 12.4. The van der Waals surface area contributed by atoms with Gasteiger partial charge < -0.3 is 10.6 Å². The zero-order valence-electron chi connectivity index (χ0n) is 19.9. The lowest BCUT2D eigenvalue weighted by atomic mass is 9.57. The summed E-state index contributed by atoms with van der Waals surface area (Å²) in [6.07, 6.45) is 1.32. The number of nitro groups is 1. The Balaban J connectivity index is 1.57. The van der Waals surface area contributed by atoms with E-state index in [1.165, 1.54) is 24.3 Å². The second-order valence-electron chi connectivity index (χ2n) is 10.2. The van der Waals surface area contributed by atoms with Crippen LogP contribution < -0.4 is 10.6 Å². The highest BCUT2D eigenvalue weighted by atomic mass is 35.5. The van der Waals surface area contributed by atoms with Crippen LogP contribution in [0, 0.1) is 16.0 Å². The number of benzene rings is 3. The van der Waals surface area contributed by atoms with Gasteiger partial charge in [0.05, 0.1) is 10.8 Å². The van der Waals surface area contributed by atoms with Crippen LogP contribution in [0.3, 0.4) is 0 Å². The van der Waals surface area contributed by atoms with Crippen molar-refractivity contribution in [3.63, 3.8) is 0 Å². The molecule has 7 rings (SSSR count). The van der Waals surface area contributed by atoms with Crippen molar-refractivity contribution in [3.05, 3.63) is 98.6 Å². The Morgan fingerprint density at radius 3 is 2.55 bits per heavy atom. The molecule has 3 aromatic rings. The number of para-hydroxylation sites is 1. The average Bonchev–Trinajstić information content (AvgIpc) is 3.62. The Morgan fingerprint density at radius 2 is 1.74 bits per heavy atom. The van der Waals surface area contributed by atoms with Crippen LogP contribution >= 0.6 is 11.6 Å². The van der Waals surface area contributed by atoms with Gasteiger partial charge in [0.15, 0.2) is 5.78 Å². The van der Waals surface area contributed by atoms with E-state index < -0.39 is 39.5 Å². The molecule has 0 bridgehead atoms. The number of anilines is 2. The molecule has 2 N–H and O–H groups in total. The van der Waals surface area contributed by atoms with Gasteiger partial charge in [0.25, 0.3) is 11.6 Å². The number of carbonyl (C=O) groups is 3. The van der Waals surface area contributed by atoms with Gasteiger partial charge in [-0.3, -0.25) is 29.4 Å². The Labute approximate surface area is 221 Å². The third-order valence-electron chi connectivity index (χ3n) is 8.68. The van der Waals surface area contributed by atoms with E-state index in [1.54, 1.807) is 42.5 Å². The number of hydrogen-bond acceptors (Lipinski definition) is 6. The number of carbonyl (C=O) groups excluding carboxylic acids is 3. The molecule has 4 aliphatic heterocycles. The summed E-state index contributed by atoms with van der Waals surface area (Å²) in [5.74, 6) is -2.22. The molecule has 0 aliphatic carbocycles. The summed E-state index contributed by atoms with van der Waals surface area (Å²) in [6, 6.07) is 17.4. The van der Waals surface area contributed by atoms with Gasteiger partial charge in [-0.05, 0) is 49.2 Å². The number of ketones is 1.